The van der Waals surface area contributed by atoms with E-state index in [1.54, 1.807) is 17.0 Å². The Bertz CT molecular complexity index is 567. The number of anilines is 1. The van der Waals surface area contributed by atoms with Crippen molar-refractivity contribution in [1.29, 1.82) is 0 Å². The summed E-state index contributed by atoms with van der Waals surface area (Å²) in [6.07, 6.45) is 1.13. The maximum atomic E-state index is 12.2. The summed E-state index contributed by atoms with van der Waals surface area (Å²) >= 11 is 2.10. The lowest BCUT2D eigenvalue weighted by atomic mass is 9.92. The normalized spacial score (nSPS) is 21.5. The molecule has 0 radical (unpaired) electrons. The van der Waals surface area contributed by atoms with Crippen molar-refractivity contribution < 1.29 is 14.3 Å². The molecule has 0 saturated carbocycles. The Labute approximate surface area is 144 Å². The zero-order valence-electron chi connectivity index (χ0n) is 12.8. The van der Waals surface area contributed by atoms with Crippen LogP contribution in [0.5, 0.6) is 0 Å². The van der Waals surface area contributed by atoms with E-state index in [4.69, 9.17) is 10.5 Å². The molecule has 0 aliphatic carbocycles. The van der Waals surface area contributed by atoms with Crippen LogP contribution < -0.4 is 5.73 Å². The van der Waals surface area contributed by atoms with Gasteiger partial charge in [-0.1, -0.05) is 13.8 Å². The molecular weight excluding hydrogens is 395 g/mol. The van der Waals surface area contributed by atoms with Crippen LogP contribution in [0, 0.1) is 15.4 Å². The lowest BCUT2D eigenvalue weighted by Gasteiger charge is -2.34. The highest BCUT2D eigenvalue weighted by Crippen LogP contribution is 2.21. The zero-order chi connectivity index (χ0) is 16.3. The van der Waals surface area contributed by atoms with Gasteiger partial charge in [-0.15, -0.1) is 0 Å². The van der Waals surface area contributed by atoms with Gasteiger partial charge in [0.05, 0.1) is 5.56 Å². The molecule has 2 N–H and O–H groups in total. The van der Waals surface area contributed by atoms with Crippen LogP contribution in [0.15, 0.2) is 18.2 Å². The number of carbonyl (C=O) groups excluding carboxylic acids is 2. The summed E-state index contributed by atoms with van der Waals surface area (Å²) in [7, 11) is 0. The Kier molecular flexibility index (Phi) is 5.66. The van der Waals surface area contributed by atoms with E-state index in [0.29, 0.717) is 23.1 Å². The van der Waals surface area contributed by atoms with E-state index in [0.717, 1.165) is 23.1 Å². The van der Waals surface area contributed by atoms with Crippen molar-refractivity contribution in [2.75, 3.05) is 25.4 Å². The van der Waals surface area contributed by atoms with Crippen LogP contribution in [0.25, 0.3) is 0 Å². The lowest BCUT2D eigenvalue weighted by molar-refractivity contribution is -0.137. The van der Waals surface area contributed by atoms with Gasteiger partial charge in [0, 0.05) is 22.3 Å². The number of benzene rings is 1. The Morgan fingerprint density at radius 2 is 1.95 bits per heavy atom. The summed E-state index contributed by atoms with van der Waals surface area (Å²) in [6.45, 7) is 5.49. The van der Waals surface area contributed by atoms with Crippen molar-refractivity contribution in [3.63, 3.8) is 0 Å². The number of nitrogens with two attached hydrogens (primary N) is 1. The number of nitrogen functional groups attached to an aromatic ring is 1. The molecule has 22 heavy (non-hydrogen) atoms. The molecular formula is C16H21IN2O3. The number of halogens is 1. The van der Waals surface area contributed by atoms with Crippen molar-refractivity contribution in [3.8, 4) is 0 Å². The number of carbonyl (C=O) groups is 2. The highest BCUT2D eigenvalue weighted by Gasteiger charge is 2.26. The van der Waals surface area contributed by atoms with Gasteiger partial charge in [-0.25, -0.2) is 4.79 Å². The van der Waals surface area contributed by atoms with Crippen molar-refractivity contribution in [2.45, 2.75) is 20.3 Å². The van der Waals surface area contributed by atoms with Crippen LogP contribution in [0.2, 0.25) is 0 Å². The minimum Gasteiger partial charge on any atom is -0.452 e. The zero-order valence-corrected chi connectivity index (χ0v) is 15.0. The molecule has 1 aromatic carbocycles. The summed E-state index contributed by atoms with van der Waals surface area (Å²) in [5.41, 5.74) is 6.44. The Morgan fingerprint density at radius 3 is 2.59 bits per heavy atom. The van der Waals surface area contributed by atoms with Gasteiger partial charge < -0.3 is 15.4 Å². The molecule has 2 rings (SSSR count). The van der Waals surface area contributed by atoms with Gasteiger partial charge in [0.1, 0.15) is 0 Å². The predicted octanol–water partition coefficient (Wildman–Crippen LogP) is 2.53. The van der Waals surface area contributed by atoms with E-state index in [1.165, 1.54) is 0 Å². The number of amides is 1. The number of esters is 1. The van der Waals surface area contributed by atoms with Gasteiger partial charge >= 0.3 is 5.97 Å². The third kappa shape index (κ3) is 4.34. The number of nitrogens with zero attached hydrogens (tertiary/aromatic N) is 1. The van der Waals surface area contributed by atoms with E-state index < -0.39 is 5.97 Å². The van der Waals surface area contributed by atoms with E-state index in [2.05, 4.69) is 36.4 Å². The number of piperidine rings is 1. The quantitative estimate of drug-likeness (QED) is 0.467. The summed E-state index contributed by atoms with van der Waals surface area (Å²) < 4.78 is 6.03. The molecule has 0 spiro atoms. The molecule has 120 valence electrons. The Morgan fingerprint density at radius 1 is 1.32 bits per heavy atom. The van der Waals surface area contributed by atoms with Crippen LogP contribution in [0.1, 0.15) is 30.6 Å². The molecule has 0 unspecified atom stereocenters. The van der Waals surface area contributed by atoms with Crippen molar-refractivity contribution in [3.05, 3.63) is 27.3 Å². The van der Waals surface area contributed by atoms with Gasteiger partial charge in [0.2, 0.25) is 0 Å². The molecule has 1 aromatic rings. The maximum Gasteiger partial charge on any atom is 0.340 e. The summed E-state index contributed by atoms with van der Waals surface area (Å²) in [5, 5.41) is 0. The third-order valence-electron chi connectivity index (χ3n) is 3.78. The van der Waals surface area contributed by atoms with Gasteiger partial charge in [-0.05, 0) is 59.0 Å². The first-order chi connectivity index (χ1) is 10.4. The van der Waals surface area contributed by atoms with Crippen molar-refractivity contribution >= 4 is 40.2 Å². The van der Waals surface area contributed by atoms with Crippen LogP contribution in [0.4, 0.5) is 5.69 Å². The minimum absolute atomic E-state index is 0.143. The van der Waals surface area contributed by atoms with Crippen LogP contribution in [0.3, 0.4) is 0 Å². The average Bonchev–Trinajstić information content (AvgIpc) is 2.45. The average molecular weight is 416 g/mol. The first kappa shape index (κ1) is 17.1. The van der Waals surface area contributed by atoms with Crippen LogP contribution in [-0.4, -0.2) is 36.5 Å². The molecule has 2 atom stereocenters. The van der Waals surface area contributed by atoms with E-state index >= 15 is 0 Å². The highest BCUT2D eigenvalue weighted by atomic mass is 127. The topological polar surface area (TPSA) is 72.6 Å². The highest BCUT2D eigenvalue weighted by molar-refractivity contribution is 14.1. The number of rotatable bonds is 3. The molecule has 1 aliphatic heterocycles. The molecule has 1 heterocycles. The molecule has 1 aliphatic rings. The van der Waals surface area contributed by atoms with Crippen molar-refractivity contribution in [2.24, 2.45) is 11.8 Å². The lowest BCUT2D eigenvalue weighted by Crippen LogP contribution is -2.44. The fraction of sp³-hybridized carbons (Fsp3) is 0.500. The van der Waals surface area contributed by atoms with E-state index in [-0.39, 0.29) is 12.5 Å². The smallest absolute Gasteiger partial charge is 0.340 e. The molecule has 0 bridgehead atoms. The second kappa shape index (κ2) is 7.30. The van der Waals surface area contributed by atoms with Gasteiger partial charge in [-0.3, -0.25) is 4.79 Å². The minimum atomic E-state index is -0.553. The van der Waals surface area contributed by atoms with Gasteiger partial charge in [0.15, 0.2) is 6.61 Å². The summed E-state index contributed by atoms with van der Waals surface area (Å²) in [4.78, 5) is 26.0. The molecule has 1 amide bonds. The summed E-state index contributed by atoms with van der Waals surface area (Å²) in [6, 6.07) is 5.14. The predicted molar refractivity (Wildman–Crippen MR) is 93.4 cm³/mol. The largest absolute Gasteiger partial charge is 0.452 e. The fourth-order valence-corrected chi connectivity index (χ4v) is 3.36. The van der Waals surface area contributed by atoms with Gasteiger partial charge in [0.25, 0.3) is 5.91 Å². The Balaban J connectivity index is 1.93. The maximum absolute atomic E-state index is 12.2. The van der Waals surface area contributed by atoms with Crippen LogP contribution in [-0.2, 0) is 9.53 Å². The first-order valence-corrected chi connectivity index (χ1v) is 8.44. The number of likely N-dealkylation sites (tertiary alicyclic amines) is 1. The molecule has 1 fully saturated rings. The molecule has 1 saturated heterocycles. The van der Waals surface area contributed by atoms with E-state index in [9.17, 15) is 9.59 Å². The monoisotopic (exact) mass is 416 g/mol. The number of hydrogen-bond donors (Lipinski definition) is 1. The Hall–Kier alpha value is -1.31. The second-order valence-corrected chi connectivity index (χ2v) is 7.30. The van der Waals surface area contributed by atoms with Gasteiger partial charge in [-0.2, -0.15) is 0 Å². The van der Waals surface area contributed by atoms with Crippen LogP contribution >= 0.6 is 22.6 Å². The first-order valence-electron chi connectivity index (χ1n) is 7.36. The standard InChI is InChI=1S/C16H21IN2O3/c1-10-5-11(2)8-19(7-10)15(20)9-22-16(21)13-6-12(17)3-4-14(13)18/h3-4,6,10-11H,5,7-9,18H2,1-2H3/t10-,11-/m1/s1. The fourth-order valence-electron chi connectivity index (χ4n) is 2.87. The molecule has 0 aromatic heterocycles. The molecule has 6 heteroatoms. The second-order valence-electron chi connectivity index (χ2n) is 6.05. The van der Waals surface area contributed by atoms with E-state index in [1.807, 2.05) is 6.07 Å². The number of ether oxygens (including phenoxy) is 1. The third-order valence-corrected chi connectivity index (χ3v) is 4.45. The summed E-state index contributed by atoms with van der Waals surface area (Å²) in [5.74, 6) is 0.267. The number of hydrogen-bond acceptors (Lipinski definition) is 4. The SMILES string of the molecule is C[C@@H]1C[C@@H](C)CN(C(=O)COC(=O)c2cc(I)ccc2N)C1. The van der Waals surface area contributed by atoms with Crippen molar-refractivity contribution in [1.82, 2.24) is 4.90 Å². The molecule has 5 nitrogen and oxygen atoms in total.